The van der Waals surface area contributed by atoms with Gasteiger partial charge < -0.3 is 9.47 Å². The van der Waals surface area contributed by atoms with Crippen LogP contribution in [0.3, 0.4) is 0 Å². The van der Waals surface area contributed by atoms with Crippen LogP contribution in [0.15, 0.2) is 30.3 Å². The maximum atomic E-state index is 13.4. The van der Waals surface area contributed by atoms with Gasteiger partial charge in [-0.3, -0.25) is 9.59 Å². The van der Waals surface area contributed by atoms with E-state index in [1.165, 1.54) is 14.2 Å². The summed E-state index contributed by atoms with van der Waals surface area (Å²) in [4.78, 5) is 24.7. The zero-order valence-electron chi connectivity index (χ0n) is 18.6. The smallest absolute Gasteiger partial charge is 0.324 e. The van der Waals surface area contributed by atoms with Crippen molar-refractivity contribution in [1.29, 1.82) is 0 Å². The van der Waals surface area contributed by atoms with Crippen LogP contribution in [-0.2, 0) is 35.8 Å². The van der Waals surface area contributed by atoms with E-state index in [4.69, 9.17) is 9.47 Å². The van der Waals surface area contributed by atoms with E-state index in [-0.39, 0.29) is 31.2 Å². The van der Waals surface area contributed by atoms with Crippen molar-refractivity contribution < 1.29 is 27.5 Å². The van der Waals surface area contributed by atoms with Gasteiger partial charge in [-0.25, -0.2) is 0 Å². The summed E-state index contributed by atoms with van der Waals surface area (Å²) < 4.78 is 40.0. The largest absolute Gasteiger partial charge is 0.468 e. The number of hydrogen-bond acceptors (Lipinski definition) is 6. The van der Waals surface area contributed by atoms with Crippen molar-refractivity contribution in [3.05, 3.63) is 35.9 Å². The van der Waals surface area contributed by atoms with Crippen molar-refractivity contribution in [2.75, 3.05) is 14.2 Å². The van der Waals surface area contributed by atoms with Crippen molar-refractivity contribution in [1.82, 2.24) is 9.03 Å². The van der Waals surface area contributed by atoms with Crippen molar-refractivity contribution in [3.8, 4) is 0 Å². The van der Waals surface area contributed by atoms with Crippen LogP contribution in [0, 0.1) is 11.8 Å². The zero-order chi connectivity index (χ0) is 22.9. The number of nitrogens with zero attached hydrogens (tertiary/aromatic N) is 1. The van der Waals surface area contributed by atoms with Crippen LogP contribution in [-0.4, -0.2) is 51.0 Å². The van der Waals surface area contributed by atoms with E-state index in [0.29, 0.717) is 5.56 Å². The van der Waals surface area contributed by atoms with Gasteiger partial charge in [-0.05, 0) is 30.2 Å². The van der Waals surface area contributed by atoms with Crippen LogP contribution in [0.25, 0.3) is 0 Å². The van der Waals surface area contributed by atoms with Gasteiger partial charge in [0, 0.05) is 6.54 Å². The molecule has 0 heterocycles. The first-order chi connectivity index (χ1) is 14.0. The highest BCUT2D eigenvalue weighted by Gasteiger charge is 2.38. The Hall–Kier alpha value is -1.97. The lowest BCUT2D eigenvalue weighted by molar-refractivity contribution is -0.146. The van der Waals surface area contributed by atoms with E-state index < -0.39 is 34.2 Å². The molecule has 0 spiro atoms. The monoisotopic (exact) mass is 442 g/mol. The molecule has 0 saturated carbocycles. The fourth-order valence-corrected chi connectivity index (χ4v) is 4.61. The van der Waals surface area contributed by atoms with Gasteiger partial charge >= 0.3 is 11.9 Å². The van der Waals surface area contributed by atoms with E-state index in [2.05, 4.69) is 4.72 Å². The molecule has 0 saturated heterocycles. The average Bonchev–Trinajstić information content (AvgIpc) is 2.68. The molecule has 0 amide bonds. The Bertz CT molecular complexity index is 780. The molecule has 0 radical (unpaired) electrons. The summed E-state index contributed by atoms with van der Waals surface area (Å²) in [6.07, 6.45) is 0.533. The van der Waals surface area contributed by atoms with Gasteiger partial charge in [-0.1, -0.05) is 58.0 Å². The van der Waals surface area contributed by atoms with Gasteiger partial charge in [0.25, 0.3) is 10.2 Å². The predicted molar refractivity (Wildman–Crippen MR) is 115 cm³/mol. The fraction of sp³-hybridized carbons (Fsp3) is 0.619. The second kappa shape index (κ2) is 12.0. The highest BCUT2D eigenvalue weighted by Crippen LogP contribution is 2.21. The molecule has 8 nitrogen and oxygen atoms in total. The summed E-state index contributed by atoms with van der Waals surface area (Å²) in [5.41, 5.74) is 0.707. The third-order valence-electron chi connectivity index (χ3n) is 4.49. The van der Waals surface area contributed by atoms with Crippen LogP contribution in [0.5, 0.6) is 0 Å². The number of rotatable bonds is 12. The number of methoxy groups -OCH3 is 2. The average molecular weight is 443 g/mol. The Labute approximate surface area is 180 Å². The highest BCUT2D eigenvalue weighted by atomic mass is 32.2. The molecule has 0 fully saturated rings. The van der Waals surface area contributed by atoms with Crippen LogP contribution in [0.1, 0.15) is 46.1 Å². The molecule has 30 heavy (non-hydrogen) atoms. The maximum Gasteiger partial charge on any atom is 0.324 e. The van der Waals surface area contributed by atoms with Gasteiger partial charge in [0.2, 0.25) is 0 Å². The molecule has 1 N–H and O–H groups in total. The summed E-state index contributed by atoms with van der Waals surface area (Å²) in [6, 6.07) is 6.86. The first-order valence-electron chi connectivity index (χ1n) is 10.0. The molecular weight excluding hydrogens is 408 g/mol. The minimum Gasteiger partial charge on any atom is -0.468 e. The molecule has 1 aromatic rings. The van der Waals surface area contributed by atoms with E-state index in [1.54, 1.807) is 24.3 Å². The molecule has 1 rings (SSSR count). The molecule has 0 aliphatic heterocycles. The number of esters is 2. The number of carbonyl (C=O) groups excluding carboxylic acids is 2. The summed E-state index contributed by atoms with van der Waals surface area (Å²) in [6.45, 7) is 7.50. The quantitative estimate of drug-likeness (QED) is 0.499. The van der Waals surface area contributed by atoms with Crippen molar-refractivity contribution >= 4 is 22.1 Å². The molecule has 0 aliphatic rings. The molecule has 0 unspecified atom stereocenters. The maximum absolute atomic E-state index is 13.4. The fourth-order valence-electron chi connectivity index (χ4n) is 3.09. The third-order valence-corrected chi connectivity index (χ3v) is 6.07. The van der Waals surface area contributed by atoms with Gasteiger partial charge in [0.15, 0.2) is 0 Å². The Balaban J connectivity index is 3.37. The third kappa shape index (κ3) is 8.04. The van der Waals surface area contributed by atoms with Gasteiger partial charge in [0.05, 0.1) is 14.2 Å². The van der Waals surface area contributed by atoms with Crippen LogP contribution >= 0.6 is 0 Å². The lowest BCUT2D eigenvalue weighted by atomic mass is 10.0. The lowest BCUT2D eigenvalue weighted by Gasteiger charge is -2.31. The molecule has 170 valence electrons. The lowest BCUT2D eigenvalue weighted by Crippen LogP contribution is -2.54. The number of hydrogen-bond donors (Lipinski definition) is 1. The summed E-state index contributed by atoms with van der Waals surface area (Å²) in [7, 11) is -1.80. The van der Waals surface area contributed by atoms with Gasteiger partial charge in [0.1, 0.15) is 12.1 Å². The van der Waals surface area contributed by atoms with Crippen molar-refractivity contribution in [2.45, 2.75) is 59.2 Å². The van der Waals surface area contributed by atoms with E-state index in [1.807, 2.05) is 33.8 Å². The van der Waals surface area contributed by atoms with Gasteiger partial charge in [-0.15, -0.1) is 0 Å². The molecular formula is C21H34N2O6S. The molecule has 0 aliphatic carbocycles. The number of ether oxygens (including phenoxy) is 2. The number of nitrogens with one attached hydrogen (secondary N) is 1. The normalized spacial score (nSPS) is 14.0. The minimum absolute atomic E-state index is 0.0367. The highest BCUT2D eigenvalue weighted by molar-refractivity contribution is 7.87. The predicted octanol–water partition coefficient (Wildman–Crippen LogP) is 2.50. The van der Waals surface area contributed by atoms with Gasteiger partial charge in [-0.2, -0.15) is 17.4 Å². The SMILES string of the molecule is COC(=O)[C@H](CC(C)C)NS(=O)(=O)N(Cc1ccccc1)[C@@H](CC(C)C)C(=O)OC. The minimum atomic E-state index is -4.24. The second-order valence-corrected chi connectivity index (χ2v) is 9.68. The van der Waals surface area contributed by atoms with Crippen molar-refractivity contribution in [2.24, 2.45) is 11.8 Å². The van der Waals surface area contributed by atoms with Crippen molar-refractivity contribution in [3.63, 3.8) is 0 Å². The van der Waals surface area contributed by atoms with Crippen LogP contribution < -0.4 is 4.72 Å². The summed E-state index contributed by atoms with van der Waals surface area (Å²) >= 11 is 0. The zero-order valence-corrected chi connectivity index (χ0v) is 19.4. The Morgan fingerprint density at radius 2 is 1.47 bits per heavy atom. The van der Waals surface area contributed by atoms with Crippen LogP contribution in [0.2, 0.25) is 0 Å². The summed E-state index contributed by atoms with van der Waals surface area (Å²) in [5, 5.41) is 0. The molecule has 1 aromatic carbocycles. The molecule has 9 heteroatoms. The Kier molecular flexibility index (Phi) is 10.4. The molecule has 0 aromatic heterocycles. The standard InChI is InChI=1S/C21H34N2O6S/c1-15(2)12-18(20(24)28-5)22-30(26,27)23(14-17-10-8-7-9-11-17)19(13-16(3)4)21(25)29-6/h7-11,15-16,18-19,22H,12-14H2,1-6H3/t18-,19-/m0/s1. The Morgan fingerprint density at radius 3 is 1.93 bits per heavy atom. The first-order valence-corrected chi connectivity index (χ1v) is 11.4. The first kappa shape index (κ1) is 26.1. The summed E-state index contributed by atoms with van der Waals surface area (Å²) in [5.74, 6) is -1.24. The second-order valence-electron chi connectivity index (χ2n) is 8.03. The number of carbonyl (C=O) groups is 2. The topological polar surface area (TPSA) is 102 Å². The van der Waals surface area contributed by atoms with Crippen LogP contribution in [0.4, 0.5) is 0 Å². The molecule has 0 bridgehead atoms. The number of benzene rings is 1. The Morgan fingerprint density at radius 1 is 0.933 bits per heavy atom. The van der Waals surface area contributed by atoms with E-state index in [9.17, 15) is 18.0 Å². The van der Waals surface area contributed by atoms with E-state index in [0.717, 1.165) is 4.31 Å². The molecule has 2 atom stereocenters. The van der Waals surface area contributed by atoms with E-state index >= 15 is 0 Å².